The Hall–Kier alpha value is -1.78. The number of hydrogen-bond donors (Lipinski definition) is 1. The maximum absolute atomic E-state index is 4.52. The zero-order valence-corrected chi connectivity index (χ0v) is 13.1. The van der Waals surface area contributed by atoms with Crippen LogP contribution in [0.2, 0.25) is 0 Å². The summed E-state index contributed by atoms with van der Waals surface area (Å²) in [5, 5.41) is 12.4. The van der Waals surface area contributed by atoms with Crippen LogP contribution < -0.4 is 5.32 Å². The fourth-order valence-electron chi connectivity index (χ4n) is 2.16. The fraction of sp³-hybridized carbons (Fsp3) is 0.600. The van der Waals surface area contributed by atoms with Gasteiger partial charge in [0.05, 0.1) is 23.6 Å². The molecular formula is C15H25N5. The van der Waals surface area contributed by atoms with Crippen molar-refractivity contribution in [2.24, 2.45) is 0 Å². The SMILES string of the molecule is CC[C@@H](C)n1nccc1CNc1cn(C(C)C)nc1C. The highest BCUT2D eigenvalue weighted by molar-refractivity contribution is 5.45. The molecule has 0 aromatic carbocycles. The molecule has 0 aliphatic heterocycles. The molecule has 0 saturated carbocycles. The molecule has 20 heavy (non-hydrogen) atoms. The van der Waals surface area contributed by atoms with E-state index >= 15 is 0 Å². The van der Waals surface area contributed by atoms with E-state index in [2.05, 4.69) is 60.2 Å². The first-order valence-electron chi connectivity index (χ1n) is 7.35. The summed E-state index contributed by atoms with van der Waals surface area (Å²) in [5.74, 6) is 0. The van der Waals surface area contributed by atoms with Gasteiger partial charge in [0.1, 0.15) is 0 Å². The molecule has 0 aliphatic carbocycles. The highest BCUT2D eigenvalue weighted by atomic mass is 15.3. The maximum atomic E-state index is 4.52. The Morgan fingerprint density at radius 2 is 2.05 bits per heavy atom. The predicted octanol–water partition coefficient (Wildman–Crippen LogP) is 3.55. The Morgan fingerprint density at radius 3 is 2.65 bits per heavy atom. The molecule has 1 atom stereocenters. The van der Waals surface area contributed by atoms with Gasteiger partial charge in [-0.15, -0.1) is 0 Å². The van der Waals surface area contributed by atoms with Gasteiger partial charge in [0.15, 0.2) is 0 Å². The zero-order valence-electron chi connectivity index (χ0n) is 13.1. The second-order valence-corrected chi connectivity index (χ2v) is 5.58. The molecule has 5 heteroatoms. The molecule has 0 spiro atoms. The highest BCUT2D eigenvalue weighted by Crippen LogP contribution is 2.18. The summed E-state index contributed by atoms with van der Waals surface area (Å²) in [6, 6.07) is 2.89. The van der Waals surface area contributed by atoms with E-state index in [1.54, 1.807) is 0 Å². The third-order valence-corrected chi connectivity index (χ3v) is 3.67. The van der Waals surface area contributed by atoms with Crippen molar-refractivity contribution >= 4 is 5.69 Å². The summed E-state index contributed by atoms with van der Waals surface area (Å²) >= 11 is 0. The van der Waals surface area contributed by atoms with Crippen molar-refractivity contribution in [1.82, 2.24) is 19.6 Å². The highest BCUT2D eigenvalue weighted by Gasteiger charge is 2.10. The van der Waals surface area contributed by atoms with Gasteiger partial charge in [0.25, 0.3) is 0 Å². The minimum atomic E-state index is 0.384. The van der Waals surface area contributed by atoms with Crippen molar-refractivity contribution < 1.29 is 0 Å². The van der Waals surface area contributed by atoms with Gasteiger partial charge in [-0.2, -0.15) is 10.2 Å². The average Bonchev–Trinajstić information content (AvgIpc) is 3.02. The number of aromatic nitrogens is 4. The Bertz CT molecular complexity index is 552. The molecule has 5 nitrogen and oxygen atoms in total. The summed E-state index contributed by atoms with van der Waals surface area (Å²) in [4.78, 5) is 0. The molecule has 2 aromatic heterocycles. The van der Waals surface area contributed by atoms with Crippen LogP contribution in [0.25, 0.3) is 0 Å². The molecule has 110 valence electrons. The first-order chi connectivity index (χ1) is 9.52. The second-order valence-electron chi connectivity index (χ2n) is 5.58. The Morgan fingerprint density at radius 1 is 1.30 bits per heavy atom. The van der Waals surface area contributed by atoms with Crippen LogP contribution in [0.3, 0.4) is 0 Å². The van der Waals surface area contributed by atoms with Crippen LogP contribution in [0.15, 0.2) is 18.5 Å². The largest absolute Gasteiger partial charge is 0.377 e. The topological polar surface area (TPSA) is 47.7 Å². The van der Waals surface area contributed by atoms with Gasteiger partial charge >= 0.3 is 0 Å². The number of anilines is 1. The van der Waals surface area contributed by atoms with Gasteiger partial charge in [0.2, 0.25) is 0 Å². The number of nitrogens with zero attached hydrogens (tertiary/aromatic N) is 4. The van der Waals surface area contributed by atoms with Gasteiger partial charge in [-0.3, -0.25) is 9.36 Å². The molecule has 0 unspecified atom stereocenters. The van der Waals surface area contributed by atoms with Crippen LogP contribution >= 0.6 is 0 Å². The lowest BCUT2D eigenvalue weighted by Crippen LogP contribution is -2.12. The standard InChI is InChI=1S/C15H25N5/c1-6-12(4)20-14(7-8-17-20)9-16-15-10-19(11(2)3)18-13(15)5/h7-8,10-12,16H,6,9H2,1-5H3/t12-/m1/s1. The van der Waals surface area contributed by atoms with Gasteiger partial charge in [0, 0.05) is 24.5 Å². The molecular weight excluding hydrogens is 250 g/mol. The first-order valence-corrected chi connectivity index (χ1v) is 7.35. The van der Waals surface area contributed by atoms with Crippen LogP contribution in [-0.2, 0) is 6.54 Å². The van der Waals surface area contributed by atoms with E-state index in [1.165, 1.54) is 5.69 Å². The van der Waals surface area contributed by atoms with E-state index in [-0.39, 0.29) is 0 Å². The summed E-state index contributed by atoms with van der Waals surface area (Å²) in [6.45, 7) is 11.4. The monoisotopic (exact) mass is 275 g/mol. The van der Waals surface area contributed by atoms with Gasteiger partial charge in [-0.1, -0.05) is 6.92 Å². The van der Waals surface area contributed by atoms with Crippen molar-refractivity contribution in [1.29, 1.82) is 0 Å². The molecule has 0 fully saturated rings. The van der Waals surface area contributed by atoms with Crippen molar-refractivity contribution in [2.45, 2.75) is 59.7 Å². The number of aryl methyl sites for hydroxylation is 1. The van der Waals surface area contributed by atoms with Gasteiger partial charge in [-0.05, 0) is 40.2 Å². The lowest BCUT2D eigenvalue weighted by Gasteiger charge is -2.14. The van der Waals surface area contributed by atoms with Crippen molar-refractivity contribution in [3.63, 3.8) is 0 Å². The quantitative estimate of drug-likeness (QED) is 0.877. The van der Waals surface area contributed by atoms with Crippen LogP contribution in [-0.4, -0.2) is 19.6 Å². The van der Waals surface area contributed by atoms with E-state index in [0.717, 1.165) is 24.3 Å². The second kappa shape index (κ2) is 6.11. The summed E-state index contributed by atoms with van der Waals surface area (Å²) in [5.41, 5.74) is 3.33. The predicted molar refractivity (Wildman–Crippen MR) is 81.9 cm³/mol. The van der Waals surface area contributed by atoms with Crippen LogP contribution in [0.4, 0.5) is 5.69 Å². The Kier molecular flexibility index (Phi) is 4.47. The first kappa shape index (κ1) is 14.6. The molecule has 0 radical (unpaired) electrons. The van der Waals surface area contributed by atoms with Gasteiger partial charge in [-0.25, -0.2) is 0 Å². The molecule has 0 bridgehead atoms. The molecule has 2 heterocycles. The third kappa shape index (κ3) is 3.03. The molecule has 0 aliphatic rings. The van der Waals surface area contributed by atoms with Crippen molar-refractivity contribution in [2.75, 3.05) is 5.32 Å². The lowest BCUT2D eigenvalue weighted by atomic mass is 10.2. The van der Waals surface area contributed by atoms with E-state index < -0.39 is 0 Å². The van der Waals surface area contributed by atoms with Crippen molar-refractivity contribution in [3.05, 3.63) is 29.8 Å². The van der Waals surface area contributed by atoms with Gasteiger partial charge < -0.3 is 5.32 Å². The number of nitrogens with one attached hydrogen (secondary N) is 1. The van der Waals surface area contributed by atoms with Crippen LogP contribution in [0.5, 0.6) is 0 Å². The summed E-state index contributed by atoms with van der Waals surface area (Å²) in [6.07, 6.45) is 5.02. The van der Waals surface area contributed by atoms with Crippen LogP contribution in [0, 0.1) is 6.92 Å². The normalized spacial score (nSPS) is 12.9. The van der Waals surface area contributed by atoms with E-state index in [0.29, 0.717) is 12.1 Å². The summed E-state index contributed by atoms with van der Waals surface area (Å²) < 4.78 is 4.08. The Labute approximate surface area is 121 Å². The fourth-order valence-corrected chi connectivity index (χ4v) is 2.16. The molecule has 1 N–H and O–H groups in total. The van der Waals surface area contributed by atoms with Crippen molar-refractivity contribution in [3.8, 4) is 0 Å². The maximum Gasteiger partial charge on any atom is 0.0825 e. The van der Waals surface area contributed by atoms with Crippen LogP contribution in [0.1, 0.15) is 57.6 Å². The minimum Gasteiger partial charge on any atom is -0.377 e. The summed E-state index contributed by atoms with van der Waals surface area (Å²) in [7, 11) is 0. The molecule has 2 rings (SSSR count). The number of rotatable bonds is 6. The zero-order chi connectivity index (χ0) is 14.7. The van der Waals surface area contributed by atoms with E-state index in [4.69, 9.17) is 0 Å². The number of hydrogen-bond acceptors (Lipinski definition) is 3. The minimum absolute atomic E-state index is 0.384. The molecule has 0 saturated heterocycles. The average molecular weight is 275 g/mol. The lowest BCUT2D eigenvalue weighted by molar-refractivity contribution is 0.462. The van der Waals surface area contributed by atoms with E-state index in [1.807, 2.05) is 17.8 Å². The smallest absolute Gasteiger partial charge is 0.0825 e. The third-order valence-electron chi connectivity index (χ3n) is 3.67. The molecule has 0 amide bonds. The molecule has 2 aromatic rings. The Balaban J connectivity index is 2.07. The van der Waals surface area contributed by atoms with E-state index in [9.17, 15) is 0 Å².